The zero-order chi connectivity index (χ0) is 17.2. The van der Waals surface area contributed by atoms with Crippen LogP contribution in [-0.2, 0) is 4.79 Å². The van der Waals surface area contributed by atoms with E-state index in [0.29, 0.717) is 17.3 Å². The quantitative estimate of drug-likeness (QED) is 0.770. The Morgan fingerprint density at radius 3 is 2.88 bits per heavy atom. The maximum Gasteiger partial charge on any atom is 0.261 e. The summed E-state index contributed by atoms with van der Waals surface area (Å²) in [6, 6.07) is 15.0. The molecule has 1 aliphatic rings. The average Bonchev–Trinajstić information content (AvgIpc) is 3.27. The van der Waals surface area contributed by atoms with Crippen LogP contribution >= 0.6 is 11.6 Å². The molecule has 0 radical (unpaired) electrons. The van der Waals surface area contributed by atoms with E-state index in [9.17, 15) is 4.79 Å². The first-order chi connectivity index (χ1) is 12.2. The summed E-state index contributed by atoms with van der Waals surface area (Å²) in [4.78, 5) is 22.5. The van der Waals surface area contributed by atoms with E-state index in [2.05, 4.69) is 9.97 Å². The highest BCUT2D eigenvalue weighted by molar-refractivity contribution is 6.32. The Morgan fingerprint density at radius 1 is 1.24 bits per heavy atom. The molecule has 0 spiro atoms. The van der Waals surface area contributed by atoms with Crippen molar-refractivity contribution in [1.82, 2.24) is 14.9 Å². The monoisotopic (exact) mass is 355 g/mol. The number of hydrogen-bond donors (Lipinski definition) is 1. The SMILES string of the molecule is O=C(COc1ccccc1Cl)N1CCCC1c1nc2ccccc2[nH]1. The van der Waals surface area contributed by atoms with Gasteiger partial charge in [0.05, 0.1) is 22.1 Å². The number of aromatic nitrogens is 2. The topological polar surface area (TPSA) is 58.2 Å². The third-order valence-corrected chi connectivity index (χ3v) is 4.80. The van der Waals surface area contributed by atoms with Crippen molar-refractivity contribution < 1.29 is 9.53 Å². The summed E-state index contributed by atoms with van der Waals surface area (Å²) < 4.78 is 5.60. The third-order valence-electron chi connectivity index (χ3n) is 4.48. The average molecular weight is 356 g/mol. The van der Waals surface area contributed by atoms with E-state index in [0.717, 1.165) is 29.7 Å². The molecule has 1 fully saturated rings. The van der Waals surface area contributed by atoms with Crippen molar-refractivity contribution in [3.05, 3.63) is 59.4 Å². The number of aromatic amines is 1. The molecule has 1 aliphatic heterocycles. The lowest BCUT2D eigenvalue weighted by molar-refractivity contribution is -0.134. The van der Waals surface area contributed by atoms with Crippen LogP contribution in [0, 0.1) is 0 Å². The molecule has 1 aromatic heterocycles. The van der Waals surface area contributed by atoms with Gasteiger partial charge in [0.1, 0.15) is 11.6 Å². The number of imidazole rings is 1. The molecule has 0 bridgehead atoms. The number of nitrogens with one attached hydrogen (secondary N) is 1. The Morgan fingerprint density at radius 2 is 2.04 bits per heavy atom. The van der Waals surface area contributed by atoms with Crippen LogP contribution in [0.25, 0.3) is 11.0 Å². The Bertz CT molecular complexity index is 875. The number of benzene rings is 2. The zero-order valence-electron chi connectivity index (χ0n) is 13.6. The Balaban J connectivity index is 1.49. The number of carbonyl (C=O) groups excluding carboxylic acids is 1. The maximum atomic E-state index is 12.6. The van der Waals surface area contributed by atoms with E-state index in [4.69, 9.17) is 16.3 Å². The van der Waals surface area contributed by atoms with Gasteiger partial charge in [0.2, 0.25) is 0 Å². The Labute approximate surface area is 150 Å². The Hall–Kier alpha value is -2.53. The van der Waals surface area contributed by atoms with Crippen molar-refractivity contribution in [2.45, 2.75) is 18.9 Å². The van der Waals surface area contributed by atoms with E-state index in [-0.39, 0.29) is 18.6 Å². The number of para-hydroxylation sites is 3. The Kier molecular flexibility index (Phi) is 4.32. The van der Waals surface area contributed by atoms with E-state index < -0.39 is 0 Å². The number of carbonyl (C=O) groups is 1. The summed E-state index contributed by atoms with van der Waals surface area (Å²) in [5.41, 5.74) is 1.91. The van der Waals surface area contributed by atoms with Gasteiger partial charge in [-0.15, -0.1) is 0 Å². The van der Waals surface area contributed by atoms with Crippen molar-refractivity contribution in [3.8, 4) is 5.75 Å². The molecule has 1 unspecified atom stereocenters. The largest absolute Gasteiger partial charge is 0.482 e. The summed E-state index contributed by atoms with van der Waals surface area (Å²) in [5, 5.41) is 0.505. The van der Waals surface area contributed by atoms with Crippen molar-refractivity contribution >= 4 is 28.5 Å². The van der Waals surface area contributed by atoms with Gasteiger partial charge in [0, 0.05) is 6.54 Å². The zero-order valence-corrected chi connectivity index (χ0v) is 14.4. The van der Waals surface area contributed by atoms with Crippen LogP contribution in [0.15, 0.2) is 48.5 Å². The van der Waals surface area contributed by atoms with Gasteiger partial charge in [0.25, 0.3) is 5.91 Å². The van der Waals surface area contributed by atoms with Crippen LogP contribution in [0.5, 0.6) is 5.75 Å². The molecule has 128 valence electrons. The summed E-state index contributed by atoms with van der Waals surface area (Å²) >= 11 is 6.07. The van der Waals surface area contributed by atoms with Crippen molar-refractivity contribution in [2.75, 3.05) is 13.2 Å². The number of hydrogen-bond acceptors (Lipinski definition) is 3. The second kappa shape index (κ2) is 6.76. The van der Waals surface area contributed by atoms with E-state index >= 15 is 0 Å². The highest BCUT2D eigenvalue weighted by Gasteiger charge is 2.32. The second-order valence-electron chi connectivity index (χ2n) is 6.10. The summed E-state index contributed by atoms with van der Waals surface area (Å²) in [6.07, 6.45) is 1.86. The molecule has 0 aliphatic carbocycles. The van der Waals surface area contributed by atoms with E-state index in [1.165, 1.54) is 0 Å². The lowest BCUT2D eigenvalue weighted by Crippen LogP contribution is -2.34. The fourth-order valence-corrected chi connectivity index (χ4v) is 3.45. The van der Waals surface area contributed by atoms with Gasteiger partial charge in [-0.25, -0.2) is 4.98 Å². The molecule has 1 amide bonds. The van der Waals surface area contributed by atoms with Gasteiger partial charge in [-0.2, -0.15) is 0 Å². The van der Waals surface area contributed by atoms with Crippen LogP contribution in [0.4, 0.5) is 0 Å². The molecule has 1 saturated heterocycles. The number of likely N-dealkylation sites (tertiary alicyclic amines) is 1. The number of H-pyrrole nitrogens is 1. The van der Waals surface area contributed by atoms with Crippen LogP contribution in [-0.4, -0.2) is 33.9 Å². The summed E-state index contributed by atoms with van der Waals surface area (Å²) in [6.45, 7) is 0.687. The molecule has 1 atom stereocenters. The van der Waals surface area contributed by atoms with Gasteiger partial charge in [0.15, 0.2) is 6.61 Å². The lowest BCUT2D eigenvalue weighted by Gasteiger charge is -2.23. The van der Waals surface area contributed by atoms with Gasteiger partial charge < -0.3 is 14.6 Å². The molecule has 4 rings (SSSR count). The van der Waals surface area contributed by atoms with Crippen LogP contribution in [0.1, 0.15) is 24.7 Å². The number of halogens is 1. The van der Waals surface area contributed by atoms with Crippen LogP contribution in [0.3, 0.4) is 0 Å². The summed E-state index contributed by atoms with van der Waals surface area (Å²) in [5.74, 6) is 1.31. The molecule has 1 N–H and O–H groups in total. The fraction of sp³-hybridized carbons (Fsp3) is 0.263. The number of fused-ring (bicyclic) bond motifs is 1. The second-order valence-corrected chi connectivity index (χ2v) is 6.51. The number of nitrogens with zero attached hydrogens (tertiary/aromatic N) is 2. The first kappa shape index (κ1) is 16.0. The maximum absolute atomic E-state index is 12.6. The number of rotatable bonds is 4. The minimum absolute atomic E-state index is 0.0273. The molecule has 5 nitrogen and oxygen atoms in total. The number of ether oxygens (including phenoxy) is 1. The van der Waals surface area contributed by atoms with E-state index in [1.807, 2.05) is 41.3 Å². The summed E-state index contributed by atoms with van der Waals surface area (Å²) in [7, 11) is 0. The fourth-order valence-electron chi connectivity index (χ4n) is 3.26. The van der Waals surface area contributed by atoms with Gasteiger partial charge in [-0.1, -0.05) is 35.9 Å². The van der Waals surface area contributed by atoms with Gasteiger partial charge in [-0.05, 0) is 37.1 Å². The van der Waals surface area contributed by atoms with Crippen molar-refractivity contribution in [3.63, 3.8) is 0 Å². The van der Waals surface area contributed by atoms with Gasteiger partial charge in [-0.3, -0.25) is 4.79 Å². The first-order valence-electron chi connectivity index (χ1n) is 8.34. The minimum atomic E-state index is -0.0529. The first-order valence-corrected chi connectivity index (χ1v) is 8.71. The molecule has 0 saturated carbocycles. The van der Waals surface area contributed by atoms with Crippen molar-refractivity contribution in [2.24, 2.45) is 0 Å². The normalized spacial score (nSPS) is 17.2. The van der Waals surface area contributed by atoms with Crippen molar-refractivity contribution in [1.29, 1.82) is 0 Å². The van der Waals surface area contributed by atoms with E-state index in [1.54, 1.807) is 12.1 Å². The van der Waals surface area contributed by atoms with Crippen LogP contribution in [0.2, 0.25) is 5.02 Å². The molecule has 25 heavy (non-hydrogen) atoms. The van der Waals surface area contributed by atoms with Gasteiger partial charge >= 0.3 is 0 Å². The molecule has 2 aromatic carbocycles. The predicted octanol–water partition coefficient (Wildman–Crippen LogP) is 3.96. The lowest BCUT2D eigenvalue weighted by atomic mass is 10.2. The molecule has 6 heteroatoms. The highest BCUT2D eigenvalue weighted by atomic mass is 35.5. The smallest absolute Gasteiger partial charge is 0.261 e. The standard InChI is InChI=1S/C19H18ClN3O2/c20-13-6-1-4-10-17(13)25-12-18(24)23-11-5-9-16(23)19-21-14-7-2-3-8-15(14)22-19/h1-4,6-8,10,16H,5,9,11-12H2,(H,21,22). The third kappa shape index (κ3) is 3.20. The molecule has 3 aromatic rings. The molecular formula is C19H18ClN3O2. The minimum Gasteiger partial charge on any atom is -0.482 e. The molecular weight excluding hydrogens is 338 g/mol. The predicted molar refractivity (Wildman–Crippen MR) is 96.7 cm³/mol. The number of amides is 1. The highest BCUT2D eigenvalue weighted by Crippen LogP contribution is 2.31. The molecule has 2 heterocycles. The van der Waals surface area contributed by atoms with Crippen LogP contribution < -0.4 is 4.74 Å².